The summed E-state index contributed by atoms with van der Waals surface area (Å²) in [6.07, 6.45) is 3.36. The first-order chi connectivity index (χ1) is 10.5. The molecule has 2 rings (SSSR count). The minimum Gasteiger partial charge on any atom is -0.465 e. The fourth-order valence-corrected chi connectivity index (χ4v) is 2.70. The number of nitrogen functional groups attached to an aromatic ring is 1. The molecule has 1 aliphatic rings. The van der Waals surface area contributed by atoms with Gasteiger partial charge >= 0.3 is 5.97 Å². The van der Waals surface area contributed by atoms with Gasteiger partial charge in [0.1, 0.15) is 11.6 Å². The minimum absolute atomic E-state index is 0.00864. The summed E-state index contributed by atoms with van der Waals surface area (Å²) in [6, 6.07) is 0. The molecule has 8 nitrogen and oxygen atoms in total. The van der Waals surface area contributed by atoms with Crippen LogP contribution < -0.4 is 11.4 Å². The standard InChI is InChI=1S/C13H21N5O3S/c1-2-21-12(20)9(8-17-6-4-3-5-7-17)10-11(19)18(14)13(22)16-15-10/h9H,2-8,14H2,1H3,(H,16,22)/t9-/m0/s1. The Labute approximate surface area is 133 Å². The summed E-state index contributed by atoms with van der Waals surface area (Å²) >= 11 is 4.86. The van der Waals surface area contributed by atoms with Crippen molar-refractivity contribution in [2.45, 2.75) is 32.1 Å². The van der Waals surface area contributed by atoms with Crippen LogP contribution in [0.3, 0.4) is 0 Å². The lowest BCUT2D eigenvalue weighted by molar-refractivity contribution is -0.145. The molecule has 9 heteroatoms. The lowest BCUT2D eigenvalue weighted by Crippen LogP contribution is -2.41. The van der Waals surface area contributed by atoms with Crippen molar-refractivity contribution >= 4 is 18.2 Å². The fourth-order valence-electron chi connectivity index (χ4n) is 2.57. The Morgan fingerprint density at radius 2 is 2.14 bits per heavy atom. The third-order valence-electron chi connectivity index (χ3n) is 3.72. The Morgan fingerprint density at radius 3 is 2.77 bits per heavy atom. The molecule has 2 heterocycles. The van der Waals surface area contributed by atoms with E-state index in [1.54, 1.807) is 6.92 Å². The number of aromatic amines is 1. The summed E-state index contributed by atoms with van der Waals surface area (Å²) in [5, 5.41) is 6.44. The molecule has 1 aliphatic heterocycles. The van der Waals surface area contributed by atoms with Crippen LogP contribution in [0.5, 0.6) is 0 Å². The number of carbonyl (C=O) groups excluding carboxylic acids is 1. The SMILES string of the molecule is CCOC(=O)[C@@H](CN1CCCCC1)c1n[nH]c(=S)n(N)c1=O. The molecule has 0 amide bonds. The number of aromatic nitrogens is 3. The molecule has 22 heavy (non-hydrogen) atoms. The van der Waals surface area contributed by atoms with Gasteiger partial charge in [-0.25, -0.2) is 0 Å². The highest BCUT2D eigenvalue weighted by Gasteiger charge is 2.30. The number of hydrogen-bond donors (Lipinski definition) is 2. The maximum atomic E-state index is 12.2. The summed E-state index contributed by atoms with van der Waals surface area (Å²) in [4.78, 5) is 26.6. The molecule has 0 aliphatic carbocycles. The number of hydrogen-bond acceptors (Lipinski definition) is 7. The van der Waals surface area contributed by atoms with E-state index in [4.69, 9.17) is 22.8 Å². The van der Waals surface area contributed by atoms with Crippen LogP contribution in [0.2, 0.25) is 0 Å². The van der Waals surface area contributed by atoms with Crippen LogP contribution in [-0.4, -0.2) is 52.0 Å². The molecule has 0 radical (unpaired) electrons. The van der Waals surface area contributed by atoms with Crippen LogP contribution in [0.4, 0.5) is 0 Å². The number of esters is 1. The van der Waals surface area contributed by atoms with Crippen molar-refractivity contribution in [2.75, 3.05) is 32.1 Å². The van der Waals surface area contributed by atoms with E-state index in [0.29, 0.717) is 6.54 Å². The van der Waals surface area contributed by atoms with Crippen LogP contribution >= 0.6 is 12.2 Å². The topological polar surface area (TPSA) is 106 Å². The Morgan fingerprint density at radius 1 is 1.45 bits per heavy atom. The van der Waals surface area contributed by atoms with E-state index in [2.05, 4.69) is 15.1 Å². The molecular weight excluding hydrogens is 306 g/mol. The van der Waals surface area contributed by atoms with Gasteiger partial charge in [0.15, 0.2) is 0 Å². The van der Waals surface area contributed by atoms with Gasteiger partial charge in [0.2, 0.25) is 4.77 Å². The molecular formula is C13H21N5O3S. The molecule has 0 spiro atoms. The van der Waals surface area contributed by atoms with Gasteiger partial charge in [0.25, 0.3) is 5.56 Å². The largest absolute Gasteiger partial charge is 0.465 e. The fraction of sp³-hybridized carbons (Fsp3) is 0.692. The number of piperidine rings is 1. The average Bonchev–Trinajstić information content (AvgIpc) is 2.52. The van der Waals surface area contributed by atoms with Crippen molar-refractivity contribution in [3.05, 3.63) is 20.8 Å². The summed E-state index contributed by atoms with van der Waals surface area (Å²) in [5.74, 6) is 4.35. The average molecular weight is 327 g/mol. The molecule has 3 N–H and O–H groups in total. The van der Waals surface area contributed by atoms with Gasteiger partial charge in [-0.1, -0.05) is 6.42 Å². The smallest absolute Gasteiger partial charge is 0.316 e. The first-order valence-electron chi connectivity index (χ1n) is 7.40. The summed E-state index contributed by atoms with van der Waals surface area (Å²) in [6.45, 7) is 4.16. The zero-order chi connectivity index (χ0) is 16.1. The maximum absolute atomic E-state index is 12.2. The van der Waals surface area contributed by atoms with Crippen molar-refractivity contribution < 1.29 is 9.53 Å². The lowest BCUT2D eigenvalue weighted by Gasteiger charge is -2.29. The van der Waals surface area contributed by atoms with Crippen LogP contribution in [0, 0.1) is 4.77 Å². The first kappa shape index (κ1) is 16.6. The minimum atomic E-state index is -0.771. The number of nitrogens with two attached hydrogens (primary N) is 1. The van der Waals surface area contributed by atoms with Gasteiger partial charge in [-0.15, -0.1) is 0 Å². The van der Waals surface area contributed by atoms with Crippen LogP contribution in [0.1, 0.15) is 37.8 Å². The highest BCUT2D eigenvalue weighted by atomic mass is 32.1. The zero-order valence-corrected chi connectivity index (χ0v) is 13.4. The van der Waals surface area contributed by atoms with E-state index in [0.717, 1.165) is 30.6 Å². The Kier molecular flexibility index (Phi) is 5.67. The monoisotopic (exact) mass is 327 g/mol. The normalized spacial score (nSPS) is 17.1. The summed E-state index contributed by atoms with van der Waals surface area (Å²) in [5.41, 5.74) is -0.529. The molecule has 1 fully saturated rings. The first-order valence-corrected chi connectivity index (χ1v) is 7.81. The zero-order valence-electron chi connectivity index (χ0n) is 12.6. The Balaban J connectivity index is 2.31. The third-order valence-corrected chi connectivity index (χ3v) is 4.01. The number of carbonyl (C=O) groups is 1. The molecule has 1 atom stereocenters. The van der Waals surface area contributed by atoms with Crippen LogP contribution in [0.25, 0.3) is 0 Å². The molecule has 0 saturated carbocycles. The van der Waals surface area contributed by atoms with Gasteiger partial charge < -0.3 is 15.5 Å². The second-order valence-electron chi connectivity index (χ2n) is 5.26. The number of likely N-dealkylation sites (tertiary alicyclic amines) is 1. The van der Waals surface area contributed by atoms with E-state index in [1.807, 2.05) is 0 Å². The van der Waals surface area contributed by atoms with Gasteiger partial charge in [0.05, 0.1) is 6.61 Å². The van der Waals surface area contributed by atoms with Crippen molar-refractivity contribution in [3.8, 4) is 0 Å². The van der Waals surface area contributed by atoms with E-state index in [1.165, 1.54) is 6.42 Å². The molecule has 1 saturated heterocycles. The number of nitrogens with one attached hydrogen (secondary N) is 1. The molecule has 0 unspecified atom stereocenters. The summed E-state index contributed by atoms with van der Waals surface area (Å²) < 4.78 is 5.89. The quantitative estimate of drug-likeness (QED) is 0.450. The van der Waals surface area contributed by atoms with Crippen molar-refractivity contribution in [3.63, 3.8) is 0 Å². The van der Waals surface area contributed by atoms with E-state index in [-0.39, 0.29) is 17.1 Å². The number of nitrogens with zero attached hydrogens (tertiary/aromatic N) is 3. The van der Waals surface area contributed by atoms with Gasteiger partial charge in [-0.2, -0.15) is 9.77 Å². The molecule has 1 aromatic rings. The number of rotatable bonds is 5. The van der Waals surface area contributed by atoms with Crippen molar-refractivity contribution in [1.82, 2.24) is 19.8 Å². The van der Waals surface area contributed by atoms with E-state index < -0.39 is 17.4 Å². The van der Waals surface area contributed by atoms with Gasteiger partial charge in [-0.05, 0) is 45.1 Å². The van der Waals surface area contributed by atoms with Crippen molar-refractivity contribution in [2.24, 2.45) is 0 Å². The summed E-state index contributed by atoms with van der Waals surface area (Å²) in [7, 11) is 0. The maximum Gasteiger partial charge on any atom is 0.316 e. The van der Waals surface area contributed by atoms with E-state index in [9.17, 15) is 9.59 Å². The Hall–Kier alpha value is -1.74. The predicted octanol–water partition coefficient (Wildman–Crippen LogP) is 0.147. The third kappa shape index (κ3) is 3.72. The number of H-pyrrole nitrogens is 1. The van der Waals surface area contributed by atoms with Gasteiger partial charge in [0, 0.05) is 6.54 Å². The molecule has 0 bridgehead atoms. The molecule has 0 aromatic carbocycles. The Bertz CT molecular complexity index is 635. The lowest BCUT2D eigenvalue weighted by atomic mass is 10.0. The van der Waals surface area contributed by atoms with Crippen LogP contribution in [-0.2, 0) is 9.53 Å². The molecule has 122 valence electrons. The second-order valence-corrected chi connectivity index (χ2v) is 5.64. The molecule has 1 aromatic heterocycles. The number of ether oxygens (including phenoxy) is 1. The van der Waals surface area contributed by atoms with E-state index >= 15 is 0 Å². The predicted molar refractivity (Wildman–Crippen MR) is 83.5 cm³/mol. The highest BCUT2D eigenvalue weighted by Crippen LogP contribution is 2.17. The van der Waals surface area contributed by atoms with Crippen molar-refractivity contribution in [1.29, 1.82) is 0 Å². The second kappa shape index (κ2) is 7.50. The van der Waals surface area contributed by atoms with Gasteiger partial charge in [-0.3, -0.25) is 14.7 Å². The van der Waals surface area contributed by atoms with Crippen LogP contribution in [0.15, 0.2) is 4.79 Å². The highest BCUT2D eigenvalue weighted by molar-refractivity contribution is 7.71.